The molecular formula is C17H26ClN3O3. The van der Waals surface area contributed by atoms with E-state index in [2.05, 4.69) is 0 Å². The van der Waals surface area contributed by atoms with Gasteiger partial charge in [0.1, 0.15) is 5.75 Å². The molecule has 7 heteroatoms. The summed E-state index contributed by atoms with van der Waals surface area (Å²) >= 11 is 0. The number of ether oxygens (including phenoxy) is 1. The highest BCUT2D eigenvalue weighted by Crippen LogP contribution is 2.20. The molecule has 1 atom stereocenters. The molecule has 1 aromatic rings. The maximum Gasteiger partial charge on any atom is 0.254 e. The zero-order valence-corrected chi connectivity index (χ0v) is 15.3. The minimum absolute atomic E-state index is 0. The van der Waals surface area contributed by atoms with E-state index < -0.39 is 0 Å². The number of benzene rings is 1. The number of rotatable bonds is 4. The SMILES string of the molecule is COc1cc(C(=O)N2CCN(C(=O)C(C)CN)CC2)ccc1C.Cl. The highest BCUT2D eigenvalue weighted by molar-refractivity contribution is 5.95. The molecule has 2 N–H and O–H groups in total. The average molecular weight is 356 g/mol. The molecule has 1 fully saturated rings. The van der Waals surface area contributed by atoms with Gasteiger partial charge in [0.25, 0.3) is 5.91 Å². The van der Waals surface area contributed by atoms with Crippen LogP contribution in [0.15, 0.2) is 18.2 Å². The minimum Gasteiger partial charge on any atom is -0.496 e. The third-order valence-corrected chi connectivity index (χ3v) is 4.31. The van der Waals surface area contributed by atoms with Crippen LogP contribution in [0.5, 0.6) is 5.75 Å². The molecular weight excluding hydrogens is 330 g/mol. The maximum atomic E-state index is 12.6. The highest BCUT2D eigenvalue weighted by Gasteiger charge is 2.27. The van der Waals surface area contributed by atoms with Crippen molar-refractivity contribution >= 4 is 24.2 Å². The molecule has 1 aliphatic rings. The number of aryl methyl sites for hydroxylation is 1. The second kappa shape index (κ2) is 8.89. The minimum atomic E-state index is -0.168. The topological polar surface area (TPSA) is 75.9 Å². The first-order chi connectivity index (χ1) is 11.0. The third kappa shape index (κ3) is 4.39. The van der Waals surface area contributed by atoms with Crippen LogP contribution in [0.4, 0.5) is 0 Å². The Morgan fingerprint density at radius 2 is 1.79 bits per heavy atom. The molecule has 0 saturated carbocycles. The fraction of sp³-hybridized carbons (Fsp3) is 0.529. The lowest BCUT2D eigenvalue weighted by atomic mass is 10.1. The van der Waals surface area contributed by atoms with Gasteiger partial charge in [0.2, 0.25) is 5.91 Å². The number of hydrogen-bond acceptors (Lipinski definition) is 4. The van der Waals surface area contributed by atoms with E-state index in [0.717, 1.165) is 5.56 Å². The monoisotopic (exact) mass is 355 g/mol. The number of amides is 2. The Morgan fingerprint density at radius 1 is 1.21 bits per heavy atom. The predicted octanol–water partition coefficient (Wildman–Crippen LogP) is 1.30. The number of nitrogens with two attached hydrogens (primary N) is 1. The van der Waals surface area contributed by atoms with Gasteiger partial charge in [-0.25, -0.2) is 0 Å². The Balaban J connectivity index is 0.00000288. The lowest BCUT2D eigenvalue weighted by molar-refractivity contribution is -0.136. The highest BCUT2D eigenvalue weighted by atomic mass is 35.5. The Morgan fingerprint density at radius 3 is 2.33 bits per heavy atom. The zero-order valence-electron chi connectivity index (χ0n) is 14.4. The third-order valence-electron chi connectivity index (χ3n) is 4.31. The van der Waals surface area contributed by atoms with E-state index in [1.165, 1.54) is 0 Å². The van der Waals surface area contributed by atoms with E-state index in [1.807, 2.05) is 26.0 Å². The molecule has 2 amide bonds. The van der Waals surface area contributed by atoms with Crippen LogP contribution in [0.1, 0.15) is 22.8 Å². The molecule has 1 saturated heterocycles. The molecule has 0 aromatic heterocycles. The number of halogens is 1. The van der Waals surface area contributed by atoms with E-state index in [9.17, 15) is 9.59 Å². The predicted molar refractivity (Wildman–Crippen MR) is 95.7 cm³/mol. The number of carbonyl (C=O) groups is 2. The van der Waals surface area contributed by atoms with Gasteiger partial charge in [-0.1, -0.05) is 13.0 Å². The van der Waals surface area contributed by atoms with Gasteiger partial charge < -0.3 is 20.3 Å². The van der Waals surface area contributed by atoms with Crippen molar-refractivity contribution in [3.63, 3.8) is 0 Å². The van der Waals surface area contributed by atoms with E-state index in [4.69, 9.17) is 10.5 Å². The van der Waals surface area contributed by atoms with Crippen molar-refractivity contribution in [1.82, 2.24) is 9.80 Å². The number of methoxy groups -OCH3 is 1. The van der Waals surface area contributed by atoms with Gasteiger partial charge >= 0.3 is 0 Å². The van der Waals surface area contributed by atoms with E-state index in [-0.39, 0.29) is 30.1 Å². The largest absolute Gasteiger partial charge is 0.496 e. The van der Waals surface area contributed by atoms with E-state index in [0.29, 0.717) is 44.0 Å². The van der Waals surface area contributed by atoms with E-state index >= 15 is 0 Å². The van der Waals surface area contributed by atoms with Gasteiger partial charge in [-0.3, -0.25) is 9.59 Å². The number of hydrogen-bond donors (Lipinski definition) is 1. The summed E-state index contributed by atoms with van der Waals surface area (Å²) < 4.78 is 5.27. The molecule has 0 aliphatic carbocycles. The Bertz CT molecular complexity index is 586. The molecule has 1 unspecified atom stereocenters. The summed E-state index contributed by atoms with van der Waals surface area (Å²) in [4.78, 5) is 28.3. The summed E-state index contributed by atoms with van der Waals surface area (Å²) in [6, 6.07) is 5.47. The summed E-state index contributed by atoms with van der Waals surface area (Å²) in [6.45, 7) is 6.31. The standard InChI is InChI=1S/C17H25N3O3.ClH/c1-12-4-5-14(10-15(12)23-3)17(22)20-8-6-19(7-9-20)16(21)13(2)11-18;/h4-5,10,13H,6-9,11,18H2,1-3H3;1H. The van der Waals surface area contributed by atoms with Crippen molar-refractivity contribution in [2.45, 2.75) is 13.8 Å². The summed E-state index contributed by atoms with van der Waals surface area (Å²) in [7, 11) is 1.60. The fourth-order valence-corrected chi connectivity index (χ4v) is 2.68. The molecule has 24 heavy (non-hydrogen) atoms. The number of piperazine rings is 1. The fourth-order valence-electron chi connectivity index (χ4n) is 2.68. The van der Waals surface area contributed by atoms with Crippen LogP contribution in [0.3, 0.4) is 0 Å². The van der Waals surface area contributed by atoms with Gasteiger partial charge in [0.05, 0.1) is 7.11 Å². The lowest BCUT2D eigenvalue weighted by Crippen LogP contribution is -2.52. The van der Waals surface area contributed by atoms with Crippen molar-refractivity contribution in [3.05, 3.63) is 29.3 Å². The lowest BCUT2D eigenvalue weighted by Gasteiger charge is -2.36. The molecule has 0 radical (unpaired) electrons. The summed E-state index contributed by atoms with van der Waals surface area (Å²) in [5, 5.41) is 0. The van der Waals surface area contributed by atoms with Gasteiger partial charge in [-0.05, 0) is 24.6 Å². The van der Waals surface area contributed by atoms with Crippen molar-refractivity contribution in [2.24, 2.45) is 11.7 Å². The maximum absolute atomic E-state index is 12.6. The van der Waals surface area contributed by atoms with Crippen LogP contribution in [-0.4, -0.2) is 61.4 Å². The van der Waals surface area contributed by atoms with Crippen LogP contribution >= 0.6 is 12.4 Å². The summed E-state index contributed by atoms with van der Waals surface area (Å²) in [5.74, 6) is 0.582. The van der Waals surface area contributed by atoms with Crippen LogP contribution in [0.2, 0.25) is 0 Å². The van der Waals surface area contributed by atoms with E-state index in [1.54, 1.807) is 23.0 Å². The molecule has 1 aliphatic heterocycles. The molecule has 0 bridgehead atoms. The average Bonchev–Trinajstić information content (AvgIpc) is 2.60. The van der Waals surface area contributed by atoms with Crippen LogP contribution in [0, 0.1) is 12.8 Å². The smallest absolute Gasteiger partial charge is 0.254 e. The van der Waals surface area contributed by atoms with Crippen molar-refractivity contribution in [2.75, 3.05) is 39.8 Å². The van der Waals surface area contributed by atoms with Gasteiger partial charge in [-0.15, -0.1) is 12.4 Å². The molecule has 1 heterocycles. The van der Waals surface area contributed by atoms with Crippen molar-refractivity contribution < 1.29 is 14.3 Å². The van der Waals surface area contributed by atoms with Gasteiger partial charge in [0, 0.05) is 44.2 Å². The van der Waals surface area contributed by atoms with Crippen LogP contribution < -0.4 is 10.5 Å². The Labute approximate surface area is 149 Å². The second-order valence-electron chi connectivity index (χ2n) is 5.94. The first-order valence-electron chi connectivity index (χ1n) is 7.90. The molecule has 1 aromatic carbocycles. The molecule has 6 nitrogen and oxygen atoms in total. The van der Waals surface area contributed by atoms with Crippen LogP contribution in [-0.2, 0) is 4.79 Å². The quantitative estimate of drug-likeness (QED) is 0.883. The molecule has 134 valence electrons. The number of nitrogens with zero attached hydrogens (tertiary/aromatic N) is 2. The Kier molecular flexibility index (Phi) is 7.51. The van der Waals surface area contributed by atoms with Crippen molar-refractivity contribution in [3.8, 4) is 5.75 Å². The first-order valence-corrected chi connectivity index (χ1v) is 7.90. The number of carbonyl (C=O) groups excluding carboxylic acids is 2. The molecule has 2 rings (SSSR count). The van der Waals surface area contributed by atoms with Gasteiger partial charge in [-0.2, -0.15) is 0 Å². The van der Waals surface area contributed by atoms with Crippen molar-refractivity contribution in [1.29, 1.82) is 0 Å². The molecule has 0 spiro atoms. The normalized spacial score (nSPS) is 15.5. The first kappa shape index (κ1) is 20.3. The Hall–Kier alpha value is -1.79. The van der Waals surface area contributed by atoms with Crippen LogP contribution in [0.25, 0.3) is 0 Å². The summed E-state index contributed by atoms with van der Waals surface area (Å²) in [5.41, 5.74) is 7.16. The summed E-state index contributed by atoms with van der Waals surface area (Å²) in [6.07, 6.45) is 0. The van der Waals surface area contributed by atoms with Gasteiger partial charge in [0.15, 0.2) is 0 Å². The zero-order chi connectivity index (χ0) is 17.0. The second-order valence-corrected chi connectivity index (χ2v) is 5.94.